The van der Waals surface area contributed by atoms with Crippen LogP contribution in [0.4, 0.5) is 5.82 Å². The van der Waals surface area contributed by atoms with Gasteiger partial charge < -0.3 is 18.9 Å². The van der Waals surface area contributed by atoms with E-state index < -0.39 is 0 Å². The summed E-state index contributed by atoms with van der Waals surface area (Å²) in [4.78, 5) is 6.78. The van der Waals surface area contributed by atoms with Crippen molar-refractivity contribution < 1.29 is 14.0 Å². The molecule has 140 valence electrons. The van der Waals surface area contributed by atoms with Gasteiger partial charge in [0.1, 0.15) is 23.3 Å². The quantitative estimate of drug-likeness (QED) is 0.678. The van der Waals surface area contributed by atoms with Crippen molar-refractivity contribution in [2.45, 2.75) is 26.8 Å². The first-order valence-corrected chi connectivity index (χ1v) is 9.15. The van der Waals surface area contributed by atoms with Crippen molar-refractivity contribution in [1.82, 2.24) is 10.1 Å². The molecular weight excluding hydrogens is 356 g/mol. The lowest BCUT2D eigenvalue weighted by molar-refractivity contribution is 0.174. The van der Waals surface area contributed by atoms with E-state index in [2.05, 4.69) is 21.1 Å². The monoisotopic (exact) mass is 374 g/mol. The number of ether oxygens (including phenoxy) is 2. The number of anilines is 1. The summed E-state index contributed by atoms with van der Waals surface area (Å²) in [5.74, 6) is 3.06. The summed E-state index contributed by atoms with van der Waals surface area (Å²) in [6.07, 6.45) is 0.715. The molecule has 0 atom stereocenters. The molecule has 0 fully saturated rings. The van der Waals surface area contributed by atoms with Gasteiger partial charge in [-0.1, -0.05) is 5.16 Å². The Bertz CT molecular complexity index is 1130. The lowest BCUT2D eigenvalue weighted by Gasteiger charge is -2.28. The van der Waals surface area contributed by atoms with Crippen molar-refractivity contribution in [1.29, 1.82) is 5.26 Å². The Morgan fingerprint density at radius 3 is 2.86 bits per heavy atom. The summed E-state index contributed by atoms with van der Waals surface area (Å²) in [6, 6.07) is 10.0. The van der Waals surface area contributed by atoms with Crippen LogP contribution in [0.5, 0.6) is 11.5 Å². The van der Waals surface area contributed by atoms with Gasteiger partial charge in [-0.3, -0.25) is 0 Å². The van der Waals surface area contributed by atoms with E-state index in [0.717, 1.165) is 52.0 Å². The second-order valence-corrected chi connectivity index (χ2v) is 7.06. The van der Waals surface area contributed by atoms with E-state index in [4.69, 9.17) is 14.0 Å². The molecule has 5 rings (SSSR count). The molecule has 0 bridgehead atoms. The second-order valence-electron chi connectivity index (χ2n) is 7.06. The first kappa shape index (κ1) is 16.6. The maximum atomic E-state index is 9.62. The number of nitrogens with zero attached hydrogens (tertiary/aromatic N) is 4. The Labute approximate surface area is 162 Å². The van der Waals surface area contributed by atoms with Crippen LogP contribution >= 0.6 is 0 Å². The van der Waals surface area contributed by atoms with Gasteiger partial charge in [-0.15, -0.1) is 0 Å². The van der Waals surface area contributed by atoms with Gasteiger partial charge in [0.15, 0.2) is 11.5 Å². The molecule has 7 heteroatoms. The molecule has 0 saturated carbocycles. The molecule has 0 unspecified atom stereocenters. The largest absolute Gasteiger partial charge is 0.454 e. The van der Waals surface area contributed by atoms with Crippen LogP contribution in [-0.4, -0.2) is 23.5 Å². The number of rotatable bonds is 2. The van der Waals surface area contributed by atoms with Gasteiger partial charge in [0.25, 0.3) is 0 Å². The Morgan fingerprint density at radius 1 is 1.14 bits per heavy atom. The van der Waals surface area contributed by atoms with Gasteiger partial charge in [-0.25, -0.2) is 4.98 Å². The molecule has 1 aromatic carbocycles. The van der Waals surface area contributed by atoms with Crippen LogP contribution in [0.25, 0.3) is 11.3 Å². The molecule has 0 saturated heterocycles. The highest BCUT2D eigenvalue weighted by Crippen LogP contribution is 2.38. The number of hydrogen-bond acceptors (Lipinski definition) is 7. The number of fused-ring (bicyclic) bond motifs is 2. The fourth-order valence-corrected chi connectivity index (χ4v) is 3.84. The topological polar surface area (TPSA) is 84.4 Å². The van der Waals surface area contributed by atoms with Crippen molar-refractivity contribution in [3.63, 3.8) is 0 Å². The minimum Gasteiger partial charge on any atom is -0.454 e. The van der Waals surface area contributed by atoms with Gasteiger partial charge in [0, 0.05) is 29.8 Å². The molecule has 3 aromatic rings. The number of benzene rings is 1. The lowest BCUT2D eigenvalue weighted by atomic mass is 10.00. The zero-order valence-electron chi connectivity index (χ0n) is 15.7. The maximum absolute atomic E-state index is 9.62. The van der Waals surface area contributed by atoms with Crippen LogP contribution in [0, 0.1) is 25.2 Å². The van der Waals surface area contributed by atoms with Gasteiger partial charge in [0.2, 0.25) is 6.79 Å². The molecule has 4 heterocycles. The van der Waals surface area contributed by atoms with Crippen LogP contribution in [0.2, 0.25) is 0 Å². The van der Waals surface area contributed by atoms with Crippen molar-refractivity contribution in [3.05, 3.63) is 52.4 Å². The third-order valence-electron chi connectivity index (χ3n) is 5.21. The Kier molecular flexibility index (Phi) is 3.72. The molecule has 0 radical (unpaired) electrons. The van der Waals surface area contributed by atoms with Crippen LogP contribution in [-0.2, 0) is 13.0 Å². The highest BCUT2D eigenvalue weighted by Gasteiger charge is 2.28. The van der Waals surface area contributed by atoms with E-state index >= 15 is 0 Å². The minimum absolute atomic E-state index is 0.235. The summed E-state index contributed by atoms with van der Waals surface area (Å²) in [5, 5.41) is 13.9. The van der Waals surface area contributed by atoms with Gasteiger partial charge in [0.05, 0.1) is 12.1 Å². The molecule has 7 nitrogen and oxygen atoms in total. The van der Waals surface area contributed by atoms with E-state index in [-0.39, 0.29) is 6.79 Å². The smallest absolute Gasteiger partial charge is 0.231 e. The molecule has 2 aromatic heterocycles. The second kappa shape index (κ2) is 6.27. The molecule has 28 heavy (non-hydrogen) atoms. The number of hydrogen-bond donors (Lipinski definition) is 0. The van der Waals surface area contributed by atoms with Gasteiger partial charge >= 0.3 is 0 Å². The zero-order chi connectivity index (χ0) is 19.3. The van der Waals surface area contributed by atoms with Crippen LogP contribution in [0.1, 0.15) is 28.1 Å². The van der Waals surface area contributed by atoms with Crippen molar-refractivity contribution >= 4 is 5.82 Å². The summed E-state index contributed by atoms with van der Waals surface area (Å²) < 4.78 is 16.5. The summed E-state index contributed by atoms with van der Waals surface area (Å²) in [7, 11) is 0. The van der Waals surface area contributed by atoms with E-state index in [0.29, 0.717) is 24.3 Å². The normalized spacial score (nSPS) is 14.7. The highest BCUT2D eigenvalue weighted by molar-refractivity contribution is 5.69. The van der Waals surface area contributed by atoms with Crippen LogP contribution in [0.15, 0.2) is 28.8 Å². The van der Waals surface area contributed by atoms with Crippen LogP contribution < -0.4 is 14.4 Å². The lowest BCUT2D eigenvalue weighted by Crippen LogP contribution is -2.31. The fraction of sp³-hybridized carbons (Fsp3) is 0.286. The number of aryl methyl sites for hydroxylation is 2. The summed E-state index contributed by atoms with van der Waals surface area (Å²) in [5.41, 5.74) is 5.20. The molecule has 0 N–H and O–H groups in total. The first-order chi connectivity index (χ1) is 13.6. The van der Waals surface area contributed by atoms with E-state index in [1.165, 1.54) is 0 Å². The third-order valence-corrected chi connectivity index (χ3v) is 5.21. The number of aromatic nitrogens is 2. The molecular formula is C21H18N4O3. The molecule has 0 spiro atoms. The standard InChI is InChI=1S/C21H18N4O3/c1-12-7-13(2)23-21(15(12)9-22)25-6-5-17-16(10-25)20(24-28-17)14-3-4-18-19(8-14)27-11-26-18/h3-4,7-8H,5-6,10-11H2,1-2H3. The average molecular weight is 374 g/mol. The molecule has 0 aliphatic carbocycles. The first-order valence-electron chi connectivity index (χ1n) is 9.15. The highest BCUT2D eigenvalue weighted by atomic mass is 16.7. The zero-order valence-corrected chi connectivity index (χ0v) is 15.7. The van der Waals surface area contributed by atoms with Crippen LogP contribution in [0.3, 0.4) is 0 Å². The summed E-state index contributed by atoms with van der Waals surface area (Å²) in [6.45, 7) is 5.45. The Morgan fingerprint density at radius 2 is 2.00 bits per heavy atom. The van der Waals surface area contributed by atoms with Gasteiger partial charge in [-0.05, 0) is 43.7 Å². The van der Waals surface area contributed by atoms with E-state index in [1.807, 2.05) is 38.1 Å². The summed E-state index contributed by atoms with van der Waals surface area (Å²) >= 11 is 0. The van der Waals surface area contributed by atoms with Gasteiger partial charge in [-0.2, -0.15) is 5.26 Å². The Hall–Kier alpha value is -3.53. The Balaban J connectivity index is 1.54. The minimum atomic E-state index is 0.235. The molecule has 0 amide bonds. The SMILES string of the molecule is Cc1cc(C)c(C#N)c(N2CCc3onc(-c4ccc5c(c4)OCO5)c3C2)n1. The van der Waals surface area contributed by atoms with Crippen molar-refractivity contribution in [3.8, 4) is 28.8 Å². The van der Waals surface area contributed by atoms with E-state index in [1.54, 1.807) is 0 Å². The predicted molar refractivity (Wildman–Crippen MR) is 101 cm³/mol. The predicted octanol–water partition coefficient (Wildman–Crippen LogP) is 3.52. The fourth-order valence-electron chi connectivity index (χ4n) is 3.84. The third kappa shape index (κ3) is 2.57. The van der Waals surface area contributed by atoms with Crippen molar-refractivity contribution in [2.24, 2.45) is 0 Å². The number of pyridine rings is 1. The van der Waals surface area contributed by atoms with E-state index in [9.17, 15) is 5.26 Å². The maximum Gasteiger partial charge on any atom is 0.231 e. The average Bonchev–Trinajstić information content (AvgIpc) is 3.33. The van der Waals surface area contributed by atoms with Crippen molar-refractivity contribution in [2.75, 3.05) is 18.2 Å². The number of nitriles is 1. The molecule has 2 aliphatic rings. The molecule has 2 aliphatic heterocycles.